The maximum Gasteiger partial charge on any atom is 0.253 e. The number of rotatable bonds is 5. The van der Waals surface area contributed by atoms with Crippen molar-refractivity contribution in [3.05, 3.63) is 106 Å². The predicted octanol–water partition coefficient (Wildman–Crippen LogP) is 4.40. The quantitative estimate of drug-likeness (QED) is 0.593. The van der Waals surface area contributed by atoms with E-state index in [2.05, 4.69) is 5.32 Å². The van der Waals surface area contributed by atoms with Crippen molar-refractivity contribution in [3.63, 3.8) is 0 Å². The summed E-state index contributed by atoms with van der Waals surface area (Å²) >= 11 is 0. The maximum atomic E-state index is 13.2. The highest BCUT2D eigenvalue weighted by Crippen LogP contribution is 2.18. The number of likely N-dealkylation sites (tertiary alicyclic amines) is 1. The number of amides is 2. The Balaban J connectivity index is 1.39. The minimum atomic E-state index is -0.426. The normalized spacial score (nSPS) is 14.1. The van der Waals surface area contributed by atoms with Gasteiger partial charge in [-0.05, 0) is 62.2 Å². The van der Waals surface area contributed by atoms with Gasteiger partial charge in [0.15, 0.2) is 5.78 Å². The molecule has 1 heterocycles. The van der Waals surface area contributed by atoms with E-state index in [1.807, 2.05) is 31.2 Å². The van der Waals surface area contributed by atoms with E-state index in [-0.39, 0.29) is 34.8 Å². The maximum absolute atomic E-state index is 13.2. The van der Waals surface area contributed by atoms with Crippen molar-refractivity contribution in [1.82, 2.24) is 10.2 Å². The number of hydrogen-bond acceptors (Lipinski definition) is 3. The van der Waals surface area contributed by atoms with Gasteiger partial charge in [-0.15, -0.1) is 0 Å². The second-order valence-electron chi connectivity index (χ2n) is 8.29. The summed E-state index contributed by atoms with van der Waals surface area (Å²) in [5, 5.41) is 3.01. The van der Waals surface area contributed by atoms with Gasteiger partial charge in [0.25, 0.3) is 11.8 Å². The Labute approximate surface area is 192 Å². The molecule has 3 aromatic carbocycles. The molecule has 1 aliphatic rings. The molecule has 4 rings (SSSR count). The van der Waals surface area contributed by atoms with Crippen LogP contribution in [0.1, 0.15) is 55.0 Å². The molecule has 1 saturated heterocycles. The van der Waals surface area contributed by atoms with Crippen LogP contribution in [0.2, 0.25) is 0 Å². The molecule has 6 heteroatoms. The van der Waals surface area contributed by atoms with Crippen LogP contribution in [0.3, 0.4) is 0 Å². The Morgan fingerprint density at radius 1 is 0.818 bits per heavy atom. The third kappa shape index (κ3) is 5.17. The lowest BCUT2D eigenvalue weighted by atomic mass is 9.97. The van der Waals surface area contributed by atoms with Gasteiger partial charge in [0.2, 0.25) is 0 Å². The van der Waals surface area contributed by atoms with Gasteiger partial charge in [0, 0.05) is 35.8 Å². The largest absolute Gasteiger partial charge is 0.349 e. The molecule has 5 nitrogen and oxygen atoms in total. The number of carbonyl (C=O) groups excluding carboxylic acids is 3. The number of benzene rings is 3. The molecule has 168 valence electrons. The van der Waals surface area contributed by atoms with Crippen molar-refractivity contribution in [2.75, 3.05) is 13.1 Å². The number of ketones is 1. The average molecular weight is 445 g/mol. The molecule has 0 aromatic heterocycles. The zero-order chi connectivity index (χ0) is 23.4. The van der Waals surface area contributed by atoms with E-state index in [1.165, 1.54) is 24.3 Å². The molecule has 0 radical (unpaired) electrons. The number of nitrogens with one attached hydrogen (secondary N) is 1. The van der Waals surface area contributed by atoms with Crippen LogP contribution < -0.4 is 5.32 Å². The highest BCUT2D eigenvalue weighted by atomic mass is 19.1. The Kier molecular flexibility index (Phi) is 6.63. The van der Waals surface area contributed by atoms with Crippen molar-refractivity contribution in [2.45, 2.75) is 25.8 Å². The molecule has 1 N–H and O–H groups in total. The number of nitrogens with zero attached hydrogens (tertiary/aromatic N) is 1. The molecule has 1 fully saturated rings. The molecule has 0 atom stereocenters. The first kappa shape index (κ1) is 22.4. The summed E-state index contributed by atoms with van der Waals surface area (Å²) < 4.78 is 13.2. The first-order valence-corrected chi connectivity index (χ1v) is 11.0. The topological polar surface area (TPSA) is 66.5 Å². The molecular formula is C27H25FN2O3. The van der Waals surface area contributed by atoms with Gasteiger partial charge < -0.3 is 10.2 Å². The summed E-state index contributed by atoms with van der Waals surface area (Å²) in [4.78, 5) is 40.4. The fraction of sp³-hybridized carbons (Fsp3) is 0.222. The third-order valence-corrected chi connectivity index (χ3v) is 5.94. The minimum Gasteiger partial charge on any atom is -0.349 e. The third-order valence-electron chi connectivity index (χ3n) is 5.94. The molecule has 0 spiro atoms. The van der Waals surface area contributed by atoms with Gasteiger partial charge in [-0.2, -0.15) is 0 Å². The Hall–Kier alpha value is -3.80. The number of piperidine rings is 1. The first-order valence-electron chi connectivity index (χ1n) is 11.0. The zero-order valence-electron chi connectivity index (χ0n) is 18.4. The SMILES string of the molecule is Cc1ccc(C(=O)N2CCC(NC(=O)c3ccccc3C(=O)c3ccc(F)cc3)CC2)cc1. The van der Waals surface area contributed by atoms with Gasteiger partial charge >= 0.3 is 0 Å². The number of carbonyl (C=O) groups is 3. The summed E-state index contributed by atoms with van der Waals surface area (Å²) in [6.07, 6.45) is 1.27. The van der Waals surface area contributed by atoms with E-state index in [9.17, 15) is 18.8 Å². The molecular weight excluding hydrogens is 419 g/mol. The van der Waals surface area contributed by atoms with Crippen LogP contribution in [0.5, 0.6) is 0 Å². The molecule has 0 aliphatic carbocycles. The van der Waals surface area contributed by atoms with Crippen LogP contribution in [0, 0.1) is 12.7 Å². The summed E-state index contributed by atoms with van der Waals surface area (Å²) in [7, 11) is 0. The van der Waals surface area contributed by atoms with Gasteiger partial charge in [0.05, 0.1) is 5.56 Å². The molecule has 0 unspecified atom stereocenters. The van der Waals surface area contributed by atoms with Crippen molar-refractivity contribution in [2.24, 2.45) is 0 Å². The van der Waals surface area contributed by atoms with Crippen LogP contribution >= 0.6 is 0 Å². The minimum absolute atomic E-state index is 0.00461. The van der Waals surface area contributed by atoms with Crippen LogP contribution in [-0.4, -0.2) is 41.6 Å². The molecule has 0 bridgehead atoms. The van der Waals surface area contributed by atoms with E-state index in [1.54, 1.807) is 29.2 Å². The number of hydrogen-bond donors (Lipinski definition) is 1. The highest BCUT2D eigenvalue weighted by molar-refractivity contribution is 6.15. The number of halogens is 1. The lowest BCUT2D eigenvalue weighted by Crippen LogP contribution is -2.46. The number of aryl methyl sites for hydroxylation is 1. The average Bonchev–Trinajstić information content (AvgIpc) is 2.84. The van der Waals surface area contributed by atoms with Crippen molar-refractivity contribution < 1.29 is 18.8 Å². The summed E-state index contributed by atoms with van der Waals surface area (Å²) in [6, 6.07) is 19.3. The second kappa shape index (κ2) is 9.77. The standard InChI is InChI=1S/C27H25FN2O3/c1-18-6-8-20(9-7-18)27(33)30-16-14-22(15-17-30)29-26(32)24-5-3-2-4-23(24)25(31)19-10-12-21(28)13-11-19/h2-13,22H,14-17H2,1H3,(H,29,32). The smallest absolute Gasteiger partial charge is 0.253 e. The highest BCUT2D eigenvalue weighted by Gasteiger charge is 2.26. The Morgan fingerprint density at radius 2 is 1.39 bits per heavy atom. The fourth-order valence-corrected chi connectivity index (χ4v) is 4.00. The van der Waals surface area contributed by atoms with E-state index in [0.29, 0.717) is 37.1 Å². The summed E-state index contributed by atoms with van der Waals surface area (Å²) in [5.41, 5.74) is 2.64. The van der Waals surface area contributed by atoms with E-state index in [0.717, 1.165) is 5.56 Å². The second-order valence-corrected chi connectivity index (χ2v) is 8.29. The van der Waals surface area contributed by atoms with Crippen molar-refractivity contribution in [3.8, 4) is 0 Å². The molecule has 1 aliphatic heterocycles. The van der Waals surface area contributed by atoms with Crippen LogP contribution in [0.15, 0.2) is 72.8 Å². The van der Waals surface area contributed by atoms with Crippen molar-refractivity contribution >= 4 is 17.6 Å². The lowest BCUT2D eigenvalue weighted by Gasteiger charge is -2.32. The summed E-state index contributed by atoms with van der Waals surface area (Å²) in [6.45, 7) is 3.08. The van der Waals surface area contributed by atoms with E-state index < -0.39 is 5.82 Å². The van der Waals surface area contributed by atoms with Crippen LogP contribution in [0.25, 0.3) is 0 Å². The Morgan fingerprint density at radius 3 is 2.03 bits per heavy atom. The van der Waals surface area contributed by atoms with Crippen LogP contribution in [-0.2, 0) is 0 Å². The Bertz CT molecular complexity index is 1160. The van der Waals surface area contributed by atoms with E-state index in [4.69, 9.17) is 0 Å². The summed E-state index contributed by atoms with van der Waals surface area (Å²) in [5.74, 6) is -1.09. The molecule has 3 aromatic rings. The zero-order valence-corrected chi connectivity index (χ0v) is 18.4. The van der Waals surface area contributed by atoms with Crippen LogP contribution in [0.4, 0.5) is 4.39 Å². The van der Waals surface area contributed by atoms with Gasteiger partial charge in [-0.25, -0.2) is 4.39 Å². The lowest BCUT2D eigenvalue weighted by molar-refractivity contribution is 0.0697. The van der Waals surface area contributed by atoms with Gasteiger partial charge in [-0.3, -0.25) is 14.4 Å². The van der Waals surface area contributed by atoms with Gasteiger partial charge in [-0.1, -0.05) is 35.9 Å². The van der Waals surface area contributed by atoms with E-state index >= 15 is 0 Å². The molecule has 2 amide bonds. The molecule has 33 heavy (non-hydrogen) atoms. The monoisotopic (exact) mass is 444 g/mol. The first-order chi connectivity index (χ1) is 15.9. The van der Waals surface area contributed by atoms with Gasteiger partial charge in [0.1, 0.15) is 5.82 Å². The molecule has 0 saturated carbocycles. The fourth-order valence-electron chi connectivity index (χ4n) is 4.00. The van der Waals surface area contributed by atoms with Crippen molar-refractivity contribution in [1.29, 1.82) is 0 Å². The predicted molar refractivity (Wildman–Crippen MR) is 124 cm³/mol.